The zero-order valence-corrected chi connectivity index (χ0v) is 17.3. The minimum Gasteiger partial charge on any atom is -0.486 e. The van der Waals surface area contributed by atoms with Gasteiger partial charge >= 0.3 is 0 Å². The van der Waals surface area contributed by atoms with Crippen LogP contribution in [0.3, 0.4) is 0 Å². The molecule has 0 saturated carbocycles. The third kappa shape index (κ3) is 3.41. The second-order valence-electron chi connectivity index (χ2n) is 7.31. The van der Waals surface area contributed by atoms with Crippen LogP contribution in [0.5, 0.6) is 11.5 Å². The van der Waals surface area contributed by atoms with Crippen molar-refractivity contribution < 1.29 is 14.3 Å². The van der Waals surface area contributed by atoms with E-state index in [1.165, 1.54) is 0 Å². The quantitative estimate of drug-likeness (QED) is 0.656. The van der Waals surface area contributed by atoms with E-state index in [-0.39, 0.29) is 11.9 Å². The standard InChI is InChI=1S/C22H26N4O3/c1-5-25(6-2)22(27)16-12-18(24-21-17(16)13-23-26(21)14(3)4)15-7-8-19-20(11-15)29-10-9-28-19/h7-8,11-14H,5-6,9-10H2,1-4H3. The van der Waals surface area contributed by atoms with Crippen molar-refractivity contribution in [3.05, 3.63) is 36.0 Å². The zero-order chi connectivity index (χ0) is 20.5. The van der Waals surface area contributed by atoms with Gasteiger partial charge in [0, 0.05) is 24.7 Å². The molecule has 0 radical (unpaired) electrons. The Morgan fingerprint density at radius 1 is 1.14 bits per heavy atom. The number of hydrogen-bond acceptors (Lipinski definition) is 5. The normalized spacial score (nSPS) is 13.1. The molecule has 7 heteroatoms. The molecule has 0 bridgehead atoms. The van der Waals surface area contributed by atoms with Crippen molar-refractivity contribution >= 4 is 16.9 Å². The molecule has 0 saturated heterocycles. The lowest BCUT2D eigenvalue weighted by Crippen LogP contribution is -2.30. The van der Waals surface area contributed by atoms with Crippen LogP contribution in [-0.2, 0) is 0 Å². The van der Waals surface area contributed by atoms with E-state index in [0.29, 0.717) is 49.0 Å². The molecule has 1 aliphatic rings. The van der Waals surface area contributed by atoms with E-state index in [1.54, 1.807) is 6.20 Å². The topological polar surface area (TPSA) is 69.5 Å². The summed E-state index contributed by atoms with van der Waals surface area (Å²) in [5.74, 6) is 1.42. The molecule has 0 atom stereocenters. The van der Waals surface area contributed by atoms with Gasteiger partial charge in [0.05, 0.1) is 22.8 Å². The van der Waals surface area contributed by atoms with Crippen LogP contribution in [0.15, 0.2) is 30.5 Å². The van der Waals surface area contributed by atoms with Crippen molar-refractivity contribution in [2.75, 3.05) is 26.3 Å². The summed E-state index contributed by atoms with van der Waals surface area (Å²) in [5.41, 5.74) is 2.92. The van der Waals surface area contributed by atoms with Gasteiger partial charge in [-0.1, -0.05) is 0 Å². The van der Waals surface area contributed by atoms with Crippen molar-refractivity contribution in [2.24, 2.45) is 0 Å². The van der Waals surface area contributed by atoms with E-state index in [2.05, 4.69) is 18.9 Å². The summed E-state index contributed by atoms with van der Waals surface area (Å²) in [6.45, 7) is 10.4. The van der Waals surface area contributed by atoms with Crippen LogP contribution >= 0.6 is 0 Å². The van der Waals surface area contributed by atoms with Crippen LogP contribution in [0.4, 0.5) is 0 Å². The van der Waals surface area contributed by atoms with Crippen molar-refractivity contribution in [1.29, 1.82) is 0 Å². The molecule has 3 aromatic rings. The fraction of sp³-hybridized carbons (Fsp3) is 0.409. The van der Waals surface area contributed by atoms with Crippen LogP contribution in [0, 0.1) is 0 Å². The smallest absolute Gasteiger partial charge is 0.254 e. The summed E-state index contributed by atoms with van der Waals surface area (Å²) in [5, 5.41) is 5.27. The van der Waals surface area contributed by atoms with Crippen molar-refractivity contribution in [3.63, 3.8) is 0 Å². The fourth-order valence-electron chi connectivity index (χ4n) is 3.60. The summed E-state index contributed by atoms with van der Waals surface area (Å²) >= 11 is 0. The number of carbonyl (C=O) groups is 1. The second-order valence-corrected chi connectivity index (χ2v) is 7.31. The number of rotatable bonds is 5. The maximum absolute atomic E-state index is 13.2. The summed E-state index contributed by atoms with van der Waals surface area (Å²) < 4.78 is 13.2. The molecule has 0 N–H and O–H groups in total. The second kappa shape index (κ2) is 7.73. The van der Waals surface area contributed by atoms with Crippen molar-refractivity contribution in [2.45, 2.75) is 33.7 Å². The van der Waals surface area contributed by atoms with Crippen LogP contribution in [0.25, 0.3) is 22.3 Å². The van der Waals surface area contributed by atoms with Crippen LogP contribution in [0.1, 0.15) is 44.1 Å². The lowest BCUT2D eigenvalue weighted by Gasteiger charge is -2.20. The number of pyridine rings is 1. The molecule has 1 amide bonds. The maximum atomic E-state index is 13.2. The van der Waals surface area contributed by atoms with Gasteiger partial charge in [-0.2, -0.15) is 5.10 Å². The van der Waals surface area contributed by atoms with Crippen LogP contribution < -0.4 is 9.47 Å². The van der Waals surface area contributed by atoms with E-state index in [4.69, 9.17) is 14.5 Å². The number of hydrogen-bond donors (Lipinski definition) is 0. The Labute approximate surface area is 170 Å². The monoisotopic (exact) mass is 394 g/mol. The van der Waals surface area contributed by atoms with Gasteiger partial charge in [-0.25, -0.2) is 9.67 Å². The molecule has 0 spiro atoms. The Balaban J connectivity index is 1.90. The lowest BCUT2D eigenvalue weighted by atomic mass is 10.0. The molecule has 0 unspecified atom stereocenters. The predicted octanol–water partition coefficient (Wildman–Crippen LogP) is 3.93. The molecule has 152 valence electrons. The summed E-state index contributed by atoms with van der Waals surface area (Å²) in [4.78, 5) is 19.9. The highest BCUT2D eigenvalue weighted by molar-refractivity contribution is 6.06. The SMILES string of the molecule is CCN(CC)C(=O)c1cc(-c2ccc3c(c2)OCCO3)nc2c1cnn2C(C)C. The minimum atomic E-state index is -0.00972. The van der Waals surface area contributed by atoms with Crippen molar-refractivity contribution in [3.8, 4) is 22.8 Å². The molecule has 7 nitrogen and oxygen atoms in total. The van der Waals surface area contributed by atoms with E-state index < -0.39 is 0 Å². The number of aromatic nitrogens is 3. The van der Waals surface area contributed by atoms with Gasteiger partial charge in [0.15, 0.2) is 17.1 Å². The molecule has 29 heavy (non-hydrogen) atoms. The summed E-state index contributed by atoms with van der Waals surface area (Å²) in [7, 11) is 0. The highest BCUT2D eigenvalue weighted by Gasteiger charge is 2.22. The molecule has 1 aliphatic heterocycles. The van der Waals surface area contributed by atoms with Gasteiger partial charge in [-0.05, 0) is 52.0 Å². The third-order valence-electron chi connectivity index (χ3n) is 5.17. The van der Waals surface area contributed by atoms with E-state index in [0.717, 1.165) is 16.7 Å². The molecule has 0 fully saturated rings. The van der Waals surface area contributed by atoms with Gasteiger partial charge in [0.25, 0.3) is 5.91 Å². The molecule has 0 aliphatic carbocycles. The zero-order valence-electron chi connectivity index (χ0n) is 17.3. The van der Waals surface area contributed by atoms with Gasteiger partial charge in [0.2, 0.25) is 0 Å². The fourth-order valence-corrected chi connectivity index (χ4v) is 3.60. The number of amides is 1. The first-order valence-electron chi connectivity index (χ1n) is 10.1. The highest BCUT2D eigenvalue weighted by atomic mass is 16.6. The first kappa shape index (κ1) is 19.2. The maximum Gasteiger partial charge on any atom is 0.254 e. The third-order valence-corrected chi connectivity index (χ3v) is 5.17. The molecule has 1 aromatic carbocycles. The van der Waals surface area contributed by atoms with Gasteiger partial charge in [-0.3, -0.25) is 4.79 Å². The van der Waals surface area contributed by atoms with E-state index >= 15 is 0 Å². The Hall–Kier alpha value is -3.09. The molecular weight excluding hydrogens is 368 g/mol. The van der Waals surface area contributed by atoms with Gasteiger partial charge < -0.3 is 14.4 Å². The number of carbonyl (C=O) groups excluding carboxylic acids is 1. The average Bonchev–Trinajstić information content (AvgIpc) is 3.18. The summed E-state index contributed by atoms with van der Waals surface area (Å²) in [6.07, 6.45) is 1.74. The molecule has 3 heterocycles. The summed E-state index contributed by atoms with van der Waals surface area (Å²) in [6, 6.07) is 7.75. The Morgan fingerprint density at radius 3 is 2.55 bits per heavy atom. The number of ether oxygens (including phenoxy) is 2. The predicted molar refractivity (Wildman–Crippen MR) is 112 cm³/mol. The lowest BCUT2D eigenvalue weighted by molar-refractivity contribution is 0.0775. The Bertz CT molecular complexity index is 1050. The first-order valence-corrected chi connectivity index (χ1v) is 10.1. The Morgan fingerprint density at radius 2 is 1.86 bits per heavy atom. The number of benzene rings is 1. The number of nitrogens with zero attached hydrogens (tertiary/aromatic N) is 4. The van der Waals surface area contributed by atoms with Gasteiger partial charge in [-0.15, -0.1) is 0 Å². The minimum absolute atomic E-state index is 0.00972. The highest BCUT2D eigenvalue weighted by Crippen LogP contribution is 2.35. The van der Waals surface area contributed by atoms with Crippen LogP contribution in [0.2, 0.25) is 0 Å². The molecular formula is C22H26N4O3. The molecule has 4 rings (SSSR count). The van der Waals surface area contributed by atoms with Crippen LogP contribution in [-0.4, -0.2) is 51.9 Å². The van der Waals surface area contributed by atoms with E-state index in [9.17, 15) is 4.79 Å². The Kier molecular flexibility index (Phi) is 5.13. The number of fused-ring (bicyclic) bond motifs is 2. The van der Waals surface area contributed by atoms with Gasteiger partial charge in [0.1, 0.15) is 13.2 Å². The largest absolute Gasteiger partial charge is 0.486 e. The average molecular weight is 394 g/mol. The first-order chi connectivity index (χ1) is 14.0. The van der Waals surface area contributed by atoms with E-state index in [1.807, 2.05) is 47.7 Å². The van der Waals surface area contributed by atoms with Crippen molar-refractivity contribution in [1.82, 2.24) is 19.7 Å². The molecule has 2 aromatic heterocycles.